The Balaban J connectivity index is 2.12. The molecule has 0 saturated carbocycles. The molecule has 0 spiro atoms. The summed E-state index contributed by atoms with van der Waals surface area (Å²) in [6, 6.07) is 1.63. The van der Waals surface area contributed by atoms with Crippen molar-refractivity contribution in [2.24, 2.45) is 5.73 Å². The van der Waals surface area contributed by atoms with E-state index in [1.54, 1.807) is 6.92 Å². The molecule has 1 unspecified atom stereocenters. The van der Waals surface area contributed by atoms with Crippen LogP contribution in [0.2, 0.25) is 5.02 Å². The van der Waals surface area contributed by atoms with Gasteiger partial charge in [-0.3, -0.25) is 4.79 Å². The SMILES string of the molecule is CCOC(=O)C(N)C(=O)Nc1cc2c(cc1Cl)OCCO2. The number of fused-ring (bicyclic) bond motifs is 1. The molecule has 1 aromatic rings. The number of halogens is 1. The van der Waals surface area contributed by atoms with E-state index in [4.69, 9.17) is 26.8 Å². The number of hydrogen-bond donors (Lipinski definition) is 2. The largest absolute Gasteiger partial charge is 0.486 e. The van der Waals surface area contributed by atoms with Crippen molar-refractivity contribution in [1.82, 2.24) is 0 Å². The van der Waals surface area contributed by atoms with Gasteiger partial charge in [0.15, 0.2) is 17.5 Å². The first-order chi connectivity index (χ1) is 10.0. The molecule has 0 fully saturated rings. The maximum absolute atomic E-state index is 11.9. The highest BCUT2D eigenvalue weighted by Gasteiger charge is 2.25. The van der Waals surface area contributed by atoms with Gasteiger partial charge in [-0.05, 0) is 6.92 Å². The topological polar surface area (TPSA) is 99.9 Å². The second kappa shape index (κ2) is 6.64. The van der Waals surface area contributed by atoms with Gasteiger partial charge in [-0.1, -0.05) is 11.6 Å². The summed E-state index contributed by atoms with van der Waals surface area (Å²) in [4.78, 5) is 23.3. The van der Waals surface area contributed by atoms with Crippen LogP contribution in [0.25, 0.3) is 0 Å². The van der Waals surface area contributed by atoms with E-state index in [0.717, 1.165) is 0 Å². The lowest BCUT2D eigenvalue weighted by atomic mass is 10.2. The van der Waals surface area contributed by atoms with Crippen LogP contribution in [-0.4, -0.2) is 37.7 Å². The summed E-state index contributed by atoms with van der Waals surface area (Å²) in [6.45, 7) is 2.61. The molecule has 0 aromatic heterocycles. The van der Waals surface area contributed by atoms with Crippen LogP contribution in [0.3, 0.4) is 0 Å². The Morgan fingerprint density at radius 1 is 1.38 bits per heavy atom. The minimum atomic E-state index is -1.42. The Hall–Kier alpha value is -1.99. The summed E-state index contributed by atoms with van der Waals surface area (Å²) in [6.07, 6.45) is 0. The minimum Gasteiger partial charge on any atom is -0.486 e. The van der Waals surface area contributed by atoms with E-state index in [1.165, 1.54) is 12.1 Å². The first-order valence-electron chi connectivity index (χ1n) is 6.35. The summed E-state index contributed by atoms with van der Waals surface area (Å²) in [5.41, 5.74) is 5.78. The van der Waals surface area contributed by atoms with Gasteiger partial charge in [0.25, 0.3) is 5.91 Å². The number of esters is 1. The Labute approximate surface area is 126 Å². The molecule has 1 aliphatic heterocycles. The van der Waals surface area contributed by atoms with Crippen molar-refractivity contribution in [1.29, 1.82) is 0 Å². The molecule has 0 bridgehead atoms. The van der Waals surface area contributed by atoms with E-state index in [2.05, 4.69) is 10.1 Å². The lowest BCUT2D eigenvalue weighted by molar-refractivity contribution is -0.146. The molecule has 8 heteroatoms. The Morgan fingerprint density at radius 2 is 2.00 bits per heavy atom. The molecule has 1 amide bonds. The lowest BCUT2D eigenvalue weighted by Crippen LogP contribution is -2.43. The fourth-order valence-corrected chi connectivity index (χ4v) is 1.91. The van der Waals surface area contributed by atoms with E-state index < -0.39 is 17.9 Å². The van der Waals surface area contributed by atoms with Crippen molar-refractivity contribution in [2.45, 2.75) is 13.0 Å². The van der Waals surface area contributed by atoms with Gasteiger partial charge in [0.1, 0.15) is 13.2 Å². The van der Waals surface area contributed by atoms with Crippen LogP contribution in [0.4, 0.5) is 5.69 Å². The summed E-state index contributed by atoms with van der Waals surface area (Å²) in [5, 5.41) is 2.72. The van der Waals surface area contributed by atoms with E-state index in [1.807, 2.05) is 0 Å². The van der Waals surface area contributed by atoms with Crippen LogP contribution in [-0.2, 0) is 14.3 Å². The van der Waals surface area contributed by atoms with E-state index >= 15 is 0 Å². The van der Waals surface area contributed by atoms with Crippen molar-refractivity contribution in [3.63, 3.8) is 0 Å². The molecule has 114 valence electrons. The summed E-state index contributed by atoms with van der Waals surface area (Å²) in [5.74, 6) is -0.555. The Kier molecular flexibility index (Phi) is 4.87. The van der Waals surface area contributed by atoms with Crippen molar-refractivity contribution in [3.05, 3.63) is 17.2 Å². The predicted molar refractivity (Wildman–Crippen MR) is 75.7 cm³/mol. The number of carbonyl (C=O) groups is 2. The first-order valence-corrected chi connectivity index (χ1v) is 6.73. The number of nitrogens with two attached hydrogens (primary N) is 1. The van der Waals surface area contributed by atoms with Gasteiger partial charge in [-0.15, -0.1) is 0 Å². The molecular weight excluding hydrogens is 300 g/mol. The highest BCUT2D eigenvalue weighted by molar-refractivity contribution is 6.34. The molecule has 1 aliphatic rings. The van der Waals surface area contributed by atoms with Crippen LogP contribution in [0.15, 0.2) is 12.1 Å². The maximum Gasteiger partial charge on any atom is 0.332 e. The summed E-state index contributed by atoms with van der Waals surface area (Å²) in [7, 11) is 0. The van der Waals surface area contributed by atoms with Gasteiger partial charge < -0.3 is 25.3 Å². The van der Waals surface area contributed by atoms with Gasteiger partial charge in [-0.25, -0.2) is 4.79 Å². The Morgan fingerprint density at radius 3 is 2.62 bits per heavy atom. The quantitative estimate of drug-likeness (QED) is 0.634. The fraction of sp³-hybridized carbons (Fsp3) is 0.385. The average Bonchev–Trinajstić information content (AvgIpc) is 2.47. The average molecular weight is 315 g/mol. The van der Waals surface area contributed by atoms with E-state index in [0.29, 0.717) is 24.7 Å². The number of nitrogens with one attached hydrogen (secondary N) is 1. The van der Waals surface area contributed by atoms with Gasteiger partial charge in [0.05, 0.1) is 17.3 Å². The standard InChI is InChI=1S/C13H15ClN2O5/c1-2-19-13(18)11(15)12(17)16-8-6-10-9(5-7(8)14)20-3-4-21-10/h5-6,11H,2-4,15H2,1H3,(H,16,17). The first kappa shape index (κ1) is 15.4. The third-order valence-corrected chi connectivity index (χ3v) is 3.03. The van der Waals surface area contributed by atoms with Gasteiger partial charge >= 0.3 is 5.97 Å². The molecule has 7 nitrogen and oxygen atoms in total. The number of rotatable bonds is 4. The van der Waals surface area contributed by atoms with Crippen molar-refractivity contribution >= 4 is 29.2 Å². The molecule has 1 aromatic carbocycles. The van der Waals surface area contributed by atoms with Gasteiger partial charge in [0.2, 0.25) is 0 Å². The van der Waals surface area contributed by atoms with Crippen molar-refractivity contribution in [3.8, 4) is 11.5 Å². The zero-order valence-corrected chi connectivity index (χ0v) is 12.1. The third-order valence-electron chi connectivity index (χ3n) is 2.71. The van der Waals surface area contributed by atoms with Crippen LogP contribution in [0.5, 0.6) is 11.5 Å². The monoisotopic (exact) mass is 314 g/mol. The number of amides is 1. The molecule has 0 aliphatic carbocycles. The summed E-state index contributed by atoms with van der Waals surface area (Å²) < 4.78 is 15.4. The number of carbonyl (C=O) groups excluding carboxylic acids is 2. The number of hydrogen-bond acceptors (Lipinski definition) is 6. The molecule has 0 radical (unpaired) electrons. The predicted octanol–water partition coefficient (Wildman–Crippen LogP) is 0.940. The van der Waals surface area contributed by atoms with Crippen LogP contribution in [0, 0.1) is 0 Å². The molecule has 1 atom stereocenters. The summed E-state index contributed by atoms with van der Waals surface area (Å²) >= 11 is 6.04. The van der Waals surface area contributed by atoms with Crippen LogP contribution < -0.4 is 20.5 Å². The molecular formula is C13H15ClN2O5. The third kappa shape index (κ3) is 3.56. The second-order valence-electron chi connectivity index (χ2n) is 4.19. The van der Waals surface area contributed by atoms with Crippen molar-refractivity contribution < 1.29 is 23.8 Å². The zero-order valence-electron chi connectivity index (χ0n) is 11.3. The van der Waals surface area contributed by atoms with Crippen LogP contribution in [0.1, 0.15) is 6.92 Å². The number of benzene rings is 1. The van der Waals surface area contributed by atoms with Gasteiger partial charge in [-0.2, -0.15) is 0 Å². The fourth-order valence-electron chi connectivity index (χ4n) is 1.71. The zero-order chi connectivity index (χ0) is 15.4. The number of anilines is 1. The smallest absolute Gasteiger partial charge is 0.332 e. The van der Waals surface area contributed by atoms with Gasteiger partial charge in [0, 0.05) is 12.1 Å². The molecule has 3 N–H and O–H groups in total. The Bertz CT molecular complexity index is 564. The molecule has 2 rings (SSSR count). The molecule has 21 heavy (non-hydrogen) atoms. The maximum atomic E-state index is 11.9. The highest BCUT2D eigenvalue weighted by Crippen LogP contribution is 2.37. The van der Waals surface area contributed by atoms with E-state index in [-0.39, 0.29) is 17.3 Å². The van der Waals surface area contributed by atoms with Crippen molar-refractivity contribution in [2.75, 3.05) is 25.1 Å². The minimum absolute atomic E-state index is 0.143. The second-order valence-corrected chi connectivity index (χ2v) is 4.60. The number of ether oxygens (including phenoxy) is 3. The molecule has 0 saturated heterocycles. The van der Waals surface area contributed by atoms with E-state index in [9.17, 15) is 9.59 Å². The van der Waals surface area contributed by atoms with Crippen LogP contribution >= 0.6 is 11.6 Å². The lowest BCUT2D eigenvalue weighted by Gasteiger charge is -2.20. The highest BCUT2D eigenvalue weighted by atomic mass is 35.5. The normalized spacial score (nSPS) is 14.2. The molecule has 1 heterocycles.